The van der Waals surface area contributed by atoms with Gasteiger partial charge in [0.15, 0.2) is 0 Å². The third-order valence-corrected chi connectivity index (χ3v) is 6.21. The molecule has 0 bridgehead atoms. The summed E-state index contributed by atoms with van der Waals surface area (Å²) >= 11 is 13.5. The predicted molar refractivity (Wildman–Crippen MR) is 128 cm³/mol. The quantitative estimate of drug-likeness (QED) is 0.407. The van der Waals surface area contributed by atoms with Crippen molar-refractivity contribution in [2.24, 2.45) is 0 Å². The summed E-state index contributed by atoms with van der Waals surface area (Å²) in [6, 6.07) is 10.3. The number of hydrogen-bond acceptors (Lipinski definition) is 6. The topological polar surface area (TPSA) is 82.5 Å². The minimum absolute atomic E-state index is 0.230. The van der Waals surface area contributed by atoms with Crippen LogP contribution in [-0.4, -0.2) is 29.7 Å². The Labute approximate surface area is 197 Å². The molecule has 4 aromatic rings. The predicted octanol–water partition coefficient (Wildman–Crippen LogP) is 5.09. The summed E-state index contributed by atoms with van der Waals surface area (Å²) in [5.74, 6) is 0.320. The fourth-order valence-electron chi connectivity index (χ4n) is 3.22. The molecule has 1 N–H and O–H groups in total. The first-order chi connectivity index (χ1) is 15.4. The Morgan fingerprint density at radius 3 is 2.53 bits per heavy atom. The lowest BCUT2D eigenvalue weighted by Crippen LogP contribution is -2.28. The molecule has 2 heterocycles. The first-order valence-corrected chi connectivity index (χ1v) is 11.0. The number of methoxy groups -OCH3 is 2. The molecule has 4 rings (SSSR count). The fourth-order valence-corrected chi connectivity index (χ4v) is 4.49. The van der Waals surface area contributed by atoms with Crippen LogP contribution in [0.2, 0.25) is 10.0 Å². The lowest BCUT2D eigenvalue weighted by Gasteiger charge is -2.13. The van der Waals surface area contributed by atoms with E-state index in [0.717, 1.165) is 11.1 Å². The molecule has 0 radical (unpaired) electrons. The summed E-state index contributed by atoms with van der Waals surface area (Å²) in [6.07, 6.45) is 1.37. The van der Waals surface area contributed by atoms with Crippen molar-refractivity contribution in [2.75, 3.05) is 19.5 Å². The van der Waals surface area contributed by atoms with Crippen molar-refractivity contribution < 1.29 is 14.3 Å². The first kappa shape index (κ1) is 22.1. The van der Waals surface area contributed by atoms with E-state index in [1.54, 1.807) is 24.3 Å². The van der Waals surface area contributed by atoms with Crippen molar-refractivity contribution in [3.05, 3.63) is 68.5 Å². The van der Waals surface area contributed by atoms with E-state index in [0.29, 0.717) is 37.4 Å². The highest BCUT2D eigenvalue weighted by Gasteiger charge is 2.17. The molecule has 1 amide bonds. The molecule has 164 valence electrons. The van der Waals surface area contributed by atoms with Gasteiger partial charge >= 0.3 is 0 Å². The molecular weight excluding hydrogens is 473 g/mol. The van der Waals surface area contributed by atoms with E-state index < -0.39 is 5.91 Å². The van der Waals surface area contributed by atoms with Gasteiger partial charge in [0.1, 0.15) is 22.9 Å². The zero-order valence-corrected chi connectivity index (χ0v) is 19.3. The van der Waals surface area contributed by atoms with Crippen LogP contribution in [0.25, 0.3) is 21.3 Å². The summed E-state index contributed by atoms with van der Waals surface area (Å²) in [5.41, 5.74) is 1.66. The van der Waals surface area contributed by atoms with Crippen molar-refractivity contribution in [2.45, 2.75) is 6.54 Å². The normalized spacial score (nSPS) is 10.9. The van der Waals surface area contributed by atoms with Crippen molar-refractivity contribution in [1.29, 1.82) is 0 Å². The van der Waals surface area contributed by atoms with Crippen LogP contribution >= 0.6 is 34.5 Å². The largest absolute Gasteiger partial charge is 0.495 e. The maximum atomic E-state index is 13.2. The SMILES string of the molecule is COc1cc(NC(=O)Cn2cnc3scc(-c4ccc(Cl)cc4)c3c2=O)c(OC)cc1Cl. The second-order valence-electron chi connectivity index (χ2n) is 6.75. The van der Waals surface area contributed by atoms with Crippen molar-refractivity contribution >= 4 is 56.3 Å². The molecule has 0 fully saturated rings. The van der Waals surface area contributed by atoms with E-state index in [4.69, 9.17) is 32.7 Å². The van der Waals surface area contributed by atoms with E-state index in [1.165, 1.54) is 36.5 Å². The minimum atomic E-state index is -0.431. The number of carbonyl (C=O) groups is 1. The number of thiophene rings is 1. The monoisotopic (exact) mass is 489 g/mol. The number of rotatable bonds is 6. The van der Waals surface area contributed by atoms with E-state index in [1.807, 2.05) is 17.5 Å². The molecule has 0 atom stereocenters. The van der Waals surface area contributed by atoms with Gasteiger partial charge in [-0.1, -0.05) is 35.3 Å². The molecule has 2 aromatic heterocycles. The molecule has 0 aliphatic rings. The van der Waals surface area contributed by atoms with Crippen molar-refractivity contribution in [3.63, 3.8) is 0 Å². The van der Waals surface area contributed by atoms with Crippen LogP contribution in [-0.2, 0) is 11.3 Å². The lowest BCUT2D eigenvalue weighted by atomic mass is 10.1. The highest BCUT2D eigenvalue weighted by atomic mass is 35.5. The lowest BCUT2D eigenvalue weighted by molar-refractivity contribution is -0.116. The summed E-state index contributed by atoms with van der Waals surface area (Å²) < 4.78 is 11.7. The third-order valence-electron chi connectivity index (χ3n) is 4.78. The Morgan fingerprint density at radius 2 is 1.84 bits per heavy atom. The summed E-state index contributed by atoms with van der Waals surface area (Å²) in [5, 5.41) is 6.01. The van der Waals surface area contributed by atoms with Gasteiger partial charge in [-0.3, -0.25) is 14.2 Å². The number of halogens is 2. The van der Waals surface area contributed by atoms with Crippen molar-refractivity contribution in [1.82, 2.24) is 9.55 Å². The van der Waals surface area contributed by atoms with Gasteiger partial charge in [-0.15, -0.1) is 11.3 Å². The number of anilines is 1. The third kappa shape index (κ3) is 4.29. The molecule has 2 aromatic carbocycles. The number of nitrogens with one attached hydrogen (secondary N) is 1. The van der Waals surface area contributed by atoms with Gasteiger partial charge in [0.25, 0.3) is 5.56 Å². The number of nitrogens with zero attached hydrogens (tertiary/aromatic N) is 2. The van der Waals surface area contributed by atoms with Crippen LogP contribution in [0.3, 0.4) is 0 Å². The molecule has 0 saturated carbocycles. The number of fused-ring (bicyclic) bond motifs is 1. The van der Waals surface area contributed by atoms with Crippen LogP contribution in [0.1, 0.15) is 0 Å². The molecule has 0 saturated heterocycles. The maximum absolute atomic E-state index is 13.2. The molecule has 10 heteroatoms. The number of hydrogen-bond donors (Lipinski definition) is 1. The smallest absolute Gasteiger partial charge is 0.263 e. The van der Waals surface area contributed by atoms with Crippen LogP contribution in [0.4, 0.5) is 5.69 Å². The summed E-state index contributed by atoms with van der Waals surface area (Å²) in [4.78, 5) is 30.8. The van der Waals surface area contributed by atoms with Gasteiger partial charge in [-0.05, 0) is 17.7 Å². The molecule has 7 nitrogen and oxygen atoms in total. The highest BCUT2D eigenvalue weighted by molar-refractivity contribution is 7.17. The average Bonchev–Trinajstić information content (AvgIpc) is 3.22. The summed E-state index contributed by atoms with van der Waals surface area (Å²) in [7, 11) is 2.93. The molecule has 0 unspecified atom stereocenters. The molecule has 0 aliphatic heterocycles. The number of amides is 1. The second-order valence-corrected chi connectivity index (χ2v) is 8.45. The highest BCUT2D eigenvalue weighted by Crippen LogP contribution is 2.36. The van der Waals surface area contributed by atoms with Crippen LogP contribution in [0, 0.1) is 0 Å². The Morgan fingerprint density at radius 1 is 1.12 bits per heavy atom. The zero-order valence-electron chi connectivity index (χ0n) is 17.0. The second kappa shape index (κ2) is 9.20. The molecule has 0 spiro atoms. The zero-order chi connectivity index (χ0) is 22.8. The number of carbonyl (C=O) groups excluding carboxylic acids is 1. The van der Waals surface area contributed by atoms with Gasteiger partial charge in [0, 0.05) is 28.1 Å². The van der Waals surface area contributed by atoms with Gasteiger partial charge in [0.05, 0.1) is 36.6 Å². The van der Waals surface area contributed by atoms with E-state index in [9.17, 15) is 9.59 Å². The number of aromatic nitrogens is 2. The van der Waals surface area contributed by atoms with Crippen LogP contribution < -0.4 is 20.3 Å². The van der Waals surface area contributed by atoms with Crippen LogP contribution in [0.5, 0.6) is 11.5 Å². The Kier molecular flexibility index (Phi) is 6.36. The van der Waals surface area contributed by atoms with E-state index >= 15 is 0 Å². The van der Waals surface area contributed by atoms with E-state index in [-0.39, 0.29) is 12.1 Å². The molecule has 0 aliphatic carbocycles. The van der Waals surface area contributed by atoms with Crippen molar-refractivity contribution in [3.8, 4) is 22.6 Å². The van der Waals surface area contributed by atoms with Gasteiger partial charge in [-0.2, -0.15) is 0 Å². The Balaban J connectivity index is 1.64. The van der Waals surface area contributed by atoms with Gasteiger partial charge in [0.2, 0.25) is 5.91 Å². The summed E-state index contributed by atoms with van der Waals surface area (Å²) in [6.45, 7) is -0.230. The number of benzene rings is 2. The van der Waals surface area contributed by atoms with Gasteiger partial charge in [-0.25, -0.2) is 4.98 Å². The molecule has 32 heavy (non-hydrogen) atoms. The maximum Gasteiger partial charge on any atom is 0.263 e. The standard InChI is InChI=1S/C22H17Cl2N3O4S/c1-30-17-8-16(18(31-2)7-15(17)24)26-19(28)9-27-11-25-21-20(22(27)29)14(10-32-21)12-3-5-13(23)6-4-12/h3-8,10-11H,9H2,1-2H3,(H,26,28). The average molecular weight is 490 g/mol. The fraction of sp³-hybridized carbons (Fsp3) is 0.136. The minimum Gasteiger partial charge on any atom is -0.495 e. The Hall–Kier alpha value is -3.07. The number of ether oxygens (including phenoxy) is 2. The van der Waals surface area contributed by atoms with Gasteiger partial charge < -0.3 is 14.8 Å². The van der Waals surface area contributed by atoms with Crippen LogP contribution in [0.15, 0.2) is 52.9 Å². The van der Waals surface area contributed by atoms with E-state index in [2.05, 4.69) is 10.3 Å². The first-order valence-electron chi connectivity index (χ1n) is 9.35. The Bertz CT molecular complexity index is 1370. The molecular formula is C22H17Cl2N3O4S.